The molecule has 3 aromatic rings. The van der Waals surface area contributed by atoms with E-state index in [2.05, 4.69) is 24.9 Å². The molecule has 7 nitrogen and oxygen atoms in total. The lowest BCUT2D eigenvalue weighted by molar-refractivity contribution is -0.286. The number of halogens is 2. The molecule has 0 saturated carbocycles. The van der Waals surface area contributed by atoms with Gasteiger partial charge in [0, 0.05) is 17.3 Å². The van der Waals surface area contributed by atoms with E-state index in [1.54, 1.807) is 28.9 Å². The molecule has 126 valence electrons. The largest absolute Gasteiger partial charge is 0.586 e. The summed E-state index contributed by atoms with van der Waals surface area (Å²) in [5, 5.41) is 6.61. The third kappa shape index (κ3) is 2.99. The molecule has 9 heteroatoms. The Bertz CT molecular complexity index is 927. The first-order chi connectivity index (χ1) is 12.0. The normalized spacial score (nSPS) is 14.3. The molecule has 1 aromatic heterocycles. The number of amides is 1. The van der Waals surface area contributed by atoms with Crippen LogP contribution in [0.5, 0.6) is 11.5 Å². The van der Waals surface area contributed by atoms with Gasteiger partial charge in [0.1, 0.15) is 12.7 Å². The molecular weight excluding hydrogens is 334 g/mol. The predicted molar refractivity (Wildman–Crippen MR) is 82.0 cm³/mol. The lowest BCUT2D eigenvalue weighted by atomic mass is 10.2. The molecule has 0 bridgehead atoms. The Morgan fingerprint density at radius 2 is 1.84 bits per heavy atom. The number of hydrogen-bond acceptors (Lipinski definition) is 5. The lowest BCUT2D eigenvalue weighted by Gasteiger charge is -2.07. The number of aromatic nitrogens is 3. The number of nitrogens with one attached hydrogen (secondary N) is 1. The van der Waals surface area contributed by atoms with Gasteiger partial charge < -0.3 is 14.8 Å². The van der Waals surface area contributed by atoms with Gasteiger partial charge in [-0.2, -0.15) is 5.10 Å². The summed E-state index contributed by atoms with van der Waals surface area (Å²) in [7, 11) is 0. The van der Waals surface area contributed by atoms with Gasteiger partial charge in [0.15, 0.2) is 11.5 Å². The second-order valence-electron chi connectivity index (χ2n) is 5.17. The molecule has 0 spiro atoms. The molecule has 4 rings (SSSR count). The number of ether oxygens (including phenoxy) is 2. The van der Waals surface area contributed by atoms with E-state index in [0.717, 1.165) is 5.69 Å². The third-order valence-corrected chi connectivity index (χ3v) is 3.47. The predicted octanol–water partition coefficient (Wildman–Crippen LogP) is 2.84. The first kappa shape index (κ1) is 15.1. The zero-order chi connectivity index (χ0) is 17.4. The number of carbonyl (C=O) groups excluding carboxylic acids is 1. The number of benzene rings is 2. The van der Waals surface area contributed by atoms with Gasteiger partial charge in [-0.05, 0) is 36.4 Å². The molecule has 1 aliphatic heterocycles. The molecular formula is C16H10F2N4O3. The van der Waals surface area contributed by atoms with E-state index in [1.165, 1.54) is 30.9 Å². The van der Waals surface area contributed by atoms with Crippen LogP contribution in [-0.2, 0) is 0 Å². The van der Waals surface area contributed by atoms with Crippen molar-refractivity contribution in [2.45, 2.75) is 6.29 Å². The number of rotatable bonds is 3. The Kier molecular flexibility index (Phi) is 3.34. The van der Waals surface area contributed by atoms with Crippen LogP contribution in [-0.4, -0.2) is 27.0 Å². The number of hydrogen-bond donors (Lipinski definition) is 1. The van der Waals surface area contributed by atoms with E-state index in [0.29, 0.717) is 11.3 Å². The first-order valence-electron chi connectivity index (χ1n) is 7.16. The maximum absolute atomic E-state index is 13.0. The Hall–Kier alpha value is -3.49. The molecule has 0 radical (unpaired) electrons. The quantitative estimate of drug-likeness (QED) is 0.790. The standard InChI is InChI=1S/C16H10F2N4O3/c17-16(18)24-13-6-3-11(7-14(13)25-16)21-15(23)10-1-4-12(5-2-10)22-9-19-8-20-22/h1-9H,(H,21,23). The first-order valence-corrected chi connectivity index (χ1v) is 7.16. The molecule has 1 N–H and O–H groups in total. The number of nitrogens with zero attached hydrogens (tertiary/aromatic N) is 3. The number of alkyl halides is 2. The van der Waals surface area contributed by atoms with Gasteiger partial charge in [0.05, 0.1) is 5.69 Å². The summed E-state index contributed by atoms with van der Waals surface area (Å²) in [6.07, 6.45) is -0.747. The Morgan fingerprint density at radius 3 is 2.56 bits per heavy atom. The molecule has 0 unspecified atom stereocenters. The SMILES string of the molecule is O=C(Nc1ccc2c(c1)OC(F)(F)O2)c1ccc(-n2cncn2)cc1. The minimum Gasteiger partial charge on any atom is -0.395 e. The fraction of sp³-hybridized carbons (Fsp3) is 0.0625. The fourth-order valence-corrected chi connectivity index (χ4v) is 2.34. The smallest absolute Gasteiger partial charge is 0.395 e. The van der Waals surface area contributed by atoms with Crippen molar-refractivity contribution in [3.63, 3.8) is 0 Å². The van der Waals surface area contributed by atoms with Crippen LogP contribution in [0.1, 0.15) is 10.4 Å². The van der Waals surface area contributed by atoms with Gasteiger partial charge in [-0.3, -0.25) is 4.79 Å². The highest BCUT2D eigenvalue weighted by Gasteiger charge is 2.43. The number of carbonyl (C=O) groups is 1. The third-order valence-electron chi connectivity index (χ3n) is 3.47. The van der Waals surface area contributed by atoms with Crippen LogP contribution >= 0.6 is 0 Å². The minimum atomic E-state index is -3.69. The summed E-state index contributed by atoms with van der Waals surface area (Å²) in [5.41, 5.74) is 1.46. The van der Waals surface area contributed by atoms with Crippen LogP contribution in [0.15, 0.2) is 55.1 Å². The zero-order valence-electron chi connectivity index (χ0n) is 12.5. The average Bonchev–Trinajstić information content (AvgIpc) is 3.21. The summed E-state index contributed by atoms with van der Waals surface area (Å²) < 4.78 is 36.2. The second kappa shape index (κ2) is 5.55. The van der Waals surface area contributed by atoms with Crippen molar-refractivity contribution in [1.82, 2.24) is 14.8 Å². The summed E-state index contributed by atoms with van der Waals surface area (Å²) in [5.74, 6) is -0.611. The van der Waals surface area contributed by atoms with Crippen molar-refractivity contribution in [2.75, 3.05) is 5.32 Å². The zero-order valence-corrected chi connectivity index (χ0v) is 12.5. The molecule has 2 aromatic carbocycles. The molecule has 0 aliphatic carbocycles. The summed E-state index contributed by atoms with van der Waals surface area (Å²) >= 11 is 0. The van der Waals surface area contributed by atoms with Gasteiger partial charge in [0.25, 0.3) is 5.91 Å². The summed E-state index contributed by atoms with van der Waals surface area (Å²) in [6, 6.07) is 10.7. The van der Waals surface area contributed by atoms with Crippen molar-refractivity contribution in [1.29, 1.82) is 0 Å². The van der Waals surface area contributed by atoms with E-state index in [4.69, 9.17) is 0 Å². The van der Waals surface area contributed by atoms with Crippen molar-refractivity contribution < 1.29 is 23.0 Å². The van der Waals surface area contributed by atoms with E-state index in [1.807, 2.05) is 0 Å². The van der Waals surface area contributed by atoms with Gasteiger partial charge in [-0.25, -0.2) is 9.67 Å². The average molecular weight is 344 g/mol. The molecule has 0 atom stereocenters. The molecule has 25 heavy (non-hydrogen) atoms. The molecule has 0 saturated heterocycles. The topological polar surface area (TPSA) is 78.3 Å². The van der Waals surface area contributed by atoms with E-state index >= 15 is 0 Å². The molecule has 2 heterocycles. The Balaban J connectivity index is 1.49. The molecule has 1 aliphatic rings. The Morgan fingerprint density at radius 1 is 1.08 bits per heavy atom. The highest BCUT2D eigenvalue weighted by atomic mass is 19.3. The van der Waals surface area contributed by atoms with Gasteiger partial charge >= 0.3 is 6.29 Å². The van der Waals surface area contributed by atoms with Crippen molar-refractivity contribution in [2.24, 2.45) is 0 Å². The van der Waals surface area contributed by atoms with Crippen molar-refractivity contribution >= 4 is 11.6 Å². The second-order valence-corrected chi connectivity index (χ2v) is 5.17. The maximum Gasteiger partial charge on any atom is 0.586 e. The van der Waals surface area contributed by atoms with Crippen LogP contribution in [0.3, 0.4) is 0 Å². The van der Waals surface area contributed by atoms with E-state index < -0.39 is 12.2 Å². The fourth-order valence-electron chi connectivity index (χ4n) is 2.34. The maximum atomic E-state index is 13.0. The minimum absolute atomic E-state index is 0.0832. The van der Waals surface area contributed by atoms with E-state index in [9.17, 15) is 13.6 Å². The molecule has 0 fully saturated rings. The van der Waals surface area contributed by atoms with Crippen LogP contribution in [0.4, 0.5) is 14.5 Å². The van der Waals surface area contributed by atoms with Gasteiger partial charge in [0.2, 0.25) is 0 Å². The summed E-state index contributed by atoms with van der Waals surface area (Å²) in [4.78, 5) is 16.1. The van der Waals surface area contributed by atoms with Crippen LogP contribution < -0.4 is 14.8 Å². The number of fused-ring (bicyclic) bond motifs is 1. The highest BCUT2D eigenvalue weighted by molar-refractivity contribution is 6.04. The van der Waals surface area contributed by atoms with Crippen LogP contribution in [0, 0.1) is 0 Å². The number of anilines is 1. The monoisotopic (exact) mass is 344 g/mol. The van der Waals surface area contributed by atoms with E-state index in [-0.39, 0.29) is 11.5 Å². The van der Waals surface area contributed by atoms with Gasteiger partial charge in [-0.1, -0.05) is 0 Å². The van der Waals surface area contributed by atoms with Crippen LogP contribution in [0.2, 0.25) is 0 Å². The van der Waals surface area contributed by atoms with Gasteiger partial charge in [-0.15, -0.1) is 8.78 Å². The Labute approximate surface area is 139 Å². The lowest BCUT2D eigenvalue weighted by Crippen LogP contribution is -2.25. The van der Waals surface area contributed by atoms with Crippen molar-refractivity contribution in [3.05, 3.63) is 60.7 Å². The summed E-state index contributed by atoms with van der Waals surface area (Å²) in [6.45, 7) is 0. The molecule has 1 amide bonds. The van der Waals surface area contributed by atoms with Crippen molar-refractivity contribution in [3.8, 4) is 17.2 Å². The van der Waals surface area contributed by atoms with Crippen LogP contribution in [0.25, 0.3) is 5.69 Å². The highest BCUT2D eigenvalue weighted by Crippen LogP contribution is 2.42.